The van der Waals surface area contributed by atoms with Crippen molar-refractivity contribution in [2.45, 2.75) is 46.7 Å². The van der Waals surface area contributed by atoms with Gasteiger partial charge in [-0.25, -0.2) is 4.98 Å². The van der Waals surface area contributed by atoms with Gasteiger partial charge in [-0.15, -0.1) is 0 Å². The van der Waals surface area contributed by atoms with E-state index in [4.69, 9.17) is 9.72 Å². The largest absolute Gasteiger partial charge is 0.493 e. The van der Waals surface area contributed by atoms with Crippen molar-refractivity contribution in [1.82, 2.24) is 14.9 Å². The molecule has 1 amide bonds. The number of rotatable bonds is 8. The number of amides is 1. The lowest BCUT2D eigenvalue weighted by Crippen LogP contribution is -2.29. The highest BCUT2D eigenvalue weighted by atomic mass is 16.5. The molecule has 0 aliphatic rings. The minimum Gasteiger partial charge on any atom is -0.493 e. The zero-order valence-corrected chi connectivity index (χ0v) is 19.8. The Balaban J connectivity index is 1.50. The van der Waals surface area contributed by atoms with Crippen LogP contribution in [0.2, 0.25) is 0 Å². The van der Waals surface area contributed by atoms with Crippen LogP contribution in [0.25, 0.3) is 11.0 Å². The van der Waals surface area contributed by atoms with Crippen molar-refractivity contribution < 1.29 is 9.53 Å². The first-order valence-electron chi connectivity index (χ1n) is 11.5. The molecule has 0 saturated carbocycles. The van der Waals surface area contributed by atoms with Crippen molar-refractivity contribution in [1.29, 1.82) is 0 Å². The number of nitrogens with one attached hydrogen (secondary N) is 1. The summed E-state index contributed by atoms with van der Waals surface area (Å²) in [7, 11) is 0. The van der Waals surface area contributed by atoms with Gasteiger partial charge < -0.3 is 14.6 Å². The first-order chi connectivity index (χ1) is 16.0. The van der Waals surface area contributed by atoms with Gasteiger partial charge in [0.25, 0.3) is 5.91 Å². The summed E-state index contributed by atoms with van der Waals surface area (Å²) >= 11 is 0. The quantitative estimate of drug-likeness (QED) is 0.345. The van der Waals surface area contributed by atoms with Crippen LogP contribution in [0.15, 0.2) is 66.7 Å². The standard InChI is InChI=1S/C28H31N3O2/c1-19-12-9-16-26(21(19)3)33-18-10-17-31-25-15-8-7-14-24(25)30-27(31)22(4)29-28(32)23-13-6-5-11-20(23)2/h5-9,11-16,22H,10,17-18H2,1-4H3,(H,29,32). The van der Waals surface area contributed by atoms with Crippen molar-refractivity contribution in [3.05, 3.63) is 94.8 Å². The lowest BCUT2D eigenvalue weighted by atomic mass is 10.1. The lowest BCUT2D eigenvalue weighted by molar-refractivity contribution is 0.0937. The molecule has 0 spiro atoms. The van der Waals surface area contributed by atoms with Gasteiger partial charge in [-0.05, 0) is 75.1 Å². The molecule has 0 saturated heterocycles. The number of benzene rings is 3. The zero-order valence-electron chi connectivity index (χ0n) is 19.8. The molecule has 33 heavy (non-hydrogen) atoms. The summed E-state index contributed by atoms with van der Waals surface area (Å²) in [5, 5.41) is 3.13. The van der Waals surface area contributed by atoms with E-state index in [1.807, 2.05) is 68.4 Å². The number of ether oxygens (including phenoxy) is 1. The zero-order chi connectivity index (χ0) is 23.4. The molecule has 5 nitrogen and oxygen atoms in total. The maximum Gasteiger partial charge on any atom is 0.252 e. The highest BCUT2D eigenvalue weighted by molar-refractivity contribution is 5.95. The van der Waals surface area contributed by atoms with Gasteiger partial charge in [0.2, 0.25) is 0 Å². The summed E-state index contributed by atoms with van der Waals surface area (Å²) in [5.74, 6) is 1.70. The third-order valence-corrected chi connectivity index (χ3v) is 6.15. The summed E-state index contributed by atoms with van der Waals surface area (Å²) < 4.78 is 8.26. The van der Waals surface area contributed by atoms with E-state index in [0.29, 0.717) is 12.2 Å². The number of imidazole rings is 1. The van der Waals surface area contributed by atoms with E-state index in [2.05, 4.69) is 35.9 Å². The van der Waals surface area contributed by atoms with Crippen molar-refractivity contribution >= 4 is 16.9 Å². The maximum absolute atomic E-state index is 12.9. The lowest BCUT2D eigenvalue weighted by Gasteiger charge is -2.17. The fraction of sp³-hybridized carbons (Fsp3) is 0.286. The molecule has 1 unspecified atom stereocenters. The van der Waals surface area contributed by atoms with Crippen LogP contribution in [0.3, 0.4) is 0 Å². The van der Waals surface area contributed by atoms with Gasteiger partial charge in [0.1, 0.15) is 11.6 Å². The highest BCUT2D eigenvalue weighted by Crippen LogP contribution is 2.23. The summed E-state index contributed by atoms with van der Waals surface area (Å²) in [6.07, 6.45) is 0.833. The van der Waals surface area contributed by atoms with Crippen LogP contribution in [0.5, 0.6) is 5.75 Å². The first kappa shape index (κ1) is 22.6. The number of carbonyl (C=O) groups is 1. The molecule has 5 heteroatoms. The maximum atomic E-state index is 12.9. The molecule has 0 bridgehead atoms. The second kappa shape index (κ2) is 9.90. The van der Waals surface area contributed by atoms with E-state index in [1.165, 1.54) is 11.1 Å². The molecular weight excluding hydrogens is 410 g/mol. The normalized spacial score (nSPS) is 12.0. The molecule has 4 aromatic rings. The van der Waals surface area contributed by atoms with Gasteiger partial charge in [-0.2, -0.15) is 0 Å². The average Bonchev–Trinajstić information content (AvgIpc) is 3.18. The number of aromatic nitrogens is 2. The Labute approximate surface area is 195 Å². The monoisotopic (exact) mass is 441 g/mol. The number of fused-ring (bicyclic) bond motifs is 1. The van der Waals surface area contributed by atoms with Crippen LogP contribution in [0.4, 0.5) is 0 Å². The topological polar surface area (TPSA) is 56.2 Å². The Morgan fingerprint density at radius 3 is 2.52 bits per heavy atom. The van der Waals surface area contributed by atoms with Gasteiger partial charge in [-0.1, -0.05) is 42.5 Å². The Hall–Kier alpha value is -3.60. The summed E-state index contributed by atoms with van der Waals surface area (Å²) in [6.45, 7) is 9.49. The van der Waals surface area contributed by atoms with E-state index in [9.17, 15) is 4.79 Å². The fourth-order valence-corrected chi connectivity index (χ4v) is 4.11. The summed E-state index contributed by atoms with van der Waals surface area (Å²) in [5.41, 5.74) is 6.05. The number of nitrogens with zero attached hydrogens (tertiary/aromatic N) is 2. The van der Waals surface area contributed by atoms with Crippen LogP contribution in [-0.2, 0) is 6.54 Å². The SMILES string of the molecule is Cc1ccccc1C(=O)NC(C)c1nc2ccccc2n1CCCOc1cccc(C)c1C. The Bertz CT molecular complexity index is 1280. The number of carbonyl (C=O) groups excluding carboxylic acids is 1. The van der Waals surface area contributed by atoms with Gasteiger partial charge in [0, 0.05) is 12.1 Å². The number of para-hydroxylation sites is 2. The Morgan fingerprint density at radius 1 is 0.970 bits per heavy atom. The van der Waals surface area contributed by atoms with Crippen LogP contribution < -0.4 is 10.1 Å². The minimum absolute atomic E-state index is 0.0857. The molecular formula is C28H31N3O2. The van der Waals surface area contributed by atoms with E-state index in [0.717, 1.165) is 41.1 Å². The van der Waals surface area contributed by atoms with Crippen LogP contribution in [0.1, 0.15) is 52.3 Å². The molecule has 1 heterocycles. The van der Waals surface area contributed by atoms with Crippen LogP contribution in [0, 0.1) is 20.8 Å². The molecule has 0 aliphatic heterocycles. The van der Waals surface area contributed by atoms with Crippen molar-refractivity contribution in [3.63, 3.8) is 0 Å². The predicted molar refractivity (Wildman–Crippen MR) is 133 cm³/mol. The van der Waals surface area contributed by atoms with Gasteiger partial charge in [-0.3, -0.25) is 4.79 Å². The van der Waals surface area contributed by atoms with Gasteiger partial charge in [0.05, 0.1) is 23.7 Å². The third-order valence-electron chi connectivity index (χ3n) is 6.15. The average molecular weight is 442 g/mol. The van der Waals surface area contributed by atoms with Crippen molar-refractivity contribution in [2.24, 2.45) is 0 Å². The number of hydrogen-bond donors (Lipinski definition) is 1. The van der Waals surface area contributed by atoms with E-state index >= 15 is 0 Å². The molecule has 0 aliphatic carbocycles. The van der Waals surface area contributed by atoms with Crippen LogP contribution >= 0.6 is 0 Å². The molecule has 1 N–H and O–H groups in total. The number of hydrogen-bond acceptors (Lipinski definition) is 3. The third kappa shape index (κ3) is 4.92. The van der Waals surface area contributed by atoms with Crippen molar-refractivity contribution in [3.8, 4) is 5.75 Å². The minimum atomic E-state index is -0.232. The van der Waals surface area contributed by atoms with Crippen LogP contribution in [-0.4, -0.2) is 22.1 Å². The van der Waals surface area contributed by atoms with E-state index in [-0.39, 0.29) is 11.9 Å². The molecule has 170 valence electrons. The van der Waals surface area contributed by atoms with Gasteiger partial charge >= 0.3 is 0 Å². The van der Waals surface area contributed by atoms with E-state index < -0.39 is 0 Å². The molecule has 0 fully saturated rings. The Kier molecular flexibility index (Phi) is 6.78. The predicted octanol–water partition coefficient (Wildman–Crippen LogP) is 5.92. The van der Waals surface area contributed by atoms with Gasteiger partial charge in [0.15, 0.2) is 0 Å². The molecule has 4 rings (SSSR count). The molecule has 3 aromatic carbocycles. The number of aryl methyl sites for hydroxylation is 3. The summed E-state index contributed by atoms with van der Waals surface area (Å²) in [4.78, 5) is 17.7. The van der Waals surface area contributed by atoms with E-state index in [1.54, 1.807) is 0 Å². The smallest absolute Gasteiger partial charge is 0.252 e. The summed E-state index contributed by atoms with van der Waals surface area (Å²) in [6, 6.07) is 21.6. The highest BCUT2D eigenvalue weighted by Gasteiger charge is 2.19. The van der Waals surface area contributed by atoms with Crippen molar-refractivity contribution in [2.75, 3.05) is 6.61 Å². The molecule has 0 radical (unpaired) electrons. The fourth-order valence-electron chi connectivity index (χ4n) is 4.11. The second-order valence-electron chi connectivity index (χ2n) is 8.52. The first-order valence-corrected chi connectivity index (χ1v) is 11.5. The molecule has 1 aromatic heterocycles. The Morgan fingerprint density at radius 2 is 1.70 bits per heavy atom. The second-order valence-corrected chi connectivity index (χ2v) is 8.52. The molecule has 1 atom stereocenters.